The summed E-state index contributed by atoms with van der Waals surface area (Å²) in [6, 6.07) is 4.22. The van der Waals surface area contributed by atoms with Crippen LogP contribution < -0.4 is 0 Å². The molecule has 0 radical (unpaired) electrons. The third-order valence-electron chi connectivity index (χ3n) is 2.41. The van der Waals surface area contributed by atoms with E-state index in [1.807, 2.05) is 0 Å². The van der Waals surface area contributed by atoms with Crippen molar-refractivity contribution < 1.29 is 20.4 Å². The van der Waals surface area contributed by atoms with Crippen LogP contribution in [0.2, 0.25) is 0 Å². The molecule has 0 spiro atoms. The van der Waals surface area contributed by atoms with E-state index in [1.54, 1.807) is 19.1 Å². The van der Waals surface area contributed by atoms with Gasteiger partial charge in [-0.1, -0.05) is 6.07 Å². The van der Waals surface area contributed by atoms with Crippen molar-refractivity contribution in [3.05, 3.63) is 23.8 Å². The molecule has 0 aliphatic heterocycles. The number of aryl methyl sites for hydroxylation is 1. The zero-order chi connectivity index (χ0) is 11.2. The molecular weight excluding hydrogens is 196 g/mol. The third kappa shape index (κ3) is 1.22. The van der Waals surface area contributed by atoms with Gasteiger partial charge in [-0.2, -0.15) is 0 Å². The highest BCUT2D eigenvalue weighted by Gasteiger charge is 2.14. The van der Waals surface area contributed by atoms with Crippen LogP contribution in [0.4, 0.5) is 0 Å². The standard InChI is InChI=1S/C11H10O4/c1-5-2-3-6-7(12)4-8(13)11(15)9(6)10(5)14/h2-4,12-15H,1H3. The van der Waals surface area contributed by atoms with Gasteiger partial charge >= 0.3 is 0 Å². The number of benzene rings is 2. The molecule has 0 bridgehead atoms. The van der Waals surface area contributed by atoms with Crippen molar-refractivity contribution in [1.82, 2.24) is 0 Å². The second-order valence-corrected chi connectivity index (χ2v) is 3.42. The number of hydrogen-bond donors (Lipinski definition) is 4. The molecule has 15 heavy (non-hydrogen) atoms. The number of phenolic OH excluding ortho intramolecular Hbond substituents is 4. The third-order valence-corrected chi connectivity index (χ3v) is 2.41. The number of rotatable bonds is 0. The first-order valence-corrected chi connectivity index (χ1v) is 4.38. The predicted molar refractivity (Wildman–Crippen MR) is 55.3 cm³/mol. The Hall–Kier alpha value is -2.10. The summed E-state index contributed by atoms with van der Waals surface area (Å²) in [7, 11) is 0. The fourth-order valence-corrected chi connectivity index (χ4v) is 1.55. The lowest BCUT2D eigenvalue weighted by Crippen LogP contribution is -1.81. The Morgan fingerprint density at radius 2 is 1.53 bits per heavy atom. The van der Waals surface area contributed by atoms with Crippen molar-refractivity contribution in [3.8, 4) is 23.0 Å². The summed E-state index contributed by atoms with van der Waals surface area (Å²) in [4.78, 5) is 0. The van der Waals surface area contributed by atoms with Crippen molar-refractivity contribution in [3.63, 3.8) is 0 Å². The molecule has 0 amide bonds. The van der Waals surface area contributed by atoms with Gasteiger partial charge in [0, 0.05) is 11.5 Å². The average Bonchev–Trinajstić information content (AvgIpc) is 2.19. The Labute approximate surface area is 85.7 Å². The highest BCUT2D eigenvalue weighted by molar-refractivity contribution is 5.99. The lowest BCUT2D eigenvalue weighted by atomic mass is 10.0. The average molecular weight is 206 g/mol. The molecule has 0 unspecified atom stereocenters. The molecule has 0 atom stereocenters. The number of fused-ring (bicyclic) bond motifs is 1. The van der Waals surface area contributed by atoms with Crippen LogP contribution in [0.15, 0.2) is 18.2 Å². The molecule has 0 aliphatic rings. The molecule has 2 rings (SSSR count). The molecule has 0 saturated heterocycles. The zero-order valence-electron chi connectivity index (χ0n) is 8.02. The minimum Gasteiger partial charge on any atom is -0.507 e. The maximum absolute atomic E-state index is 9.71. The Balaban J connectivity index is 3.04. The van der Waals surface area contributed by atoms with Gasteiger partial charge in [0.1, 0.15) is 11.5 Å². The van der Waals surface area contributed by atoms with Crippen molar-refractivity contribution in [2.75, 3.05) is 0 Å². The molecule has 0 fully saturated rings. The Kier molecular flexibility index (Phi) is 1.86. The van der Waals surface area contributed by atoms with Gasteiger partial charge < -0.3 is 20.4 Å². The minimum atomic E-state index is -0.457. The monoisotopic (exact) mass is 206 g/mol. The summed E-state index contributed by atoms with van der Waals surface area (Å²) >= 11 is 0. The summed E-state index contributed by atoms with van der Waals surface area (Å²) in [5.74, 6) is -1.21. The SMILES string of the molecule is Cc1ccc2c(O)cc(O)c(O)c2c1O. The van der Waals surface area contributed by atoms with Gasteiger partial charge in [0.15, 0.2) is 11.5 Å². The minimum absolute atomic E-state index is 0.0625. The molecule has 4 N–H and O–H groups in total. The van der Waals surface area contributed by atoms with Gasteiger partial charge in [0.2, 0.25) is 0 Å². The van der Waals surface area contributed by atoms with Crippen LogP contribution >= 0.6 is 0 Å². The number of hydrogen-bond acceptors (Lipinski definition) is 4. The van der Waals surface area contributed by atoms with Gasteiger partial charge in [0.25, 0.3) is 0 Å². The molecule has 2 aromatic carbocycles. The van der Waals surface area contributed by atoms with Crippen LogP contribution in [-0.2, 0) is 0 Å². The maximum atomic E-state index is 9.71. The first-order valence-electron chi connectivity index (χ1n) is 4.38. The zero-order valence-corrected chi connectivity index (χ0v) is 8.02. The van der Waals surface area contributed by atoms with Gasteiger partial charge in [-0.15, -0.1) is 0 Å². The van der Waals surface area contributed by atoms with Gasteiger partial charge in [-0.05, 0) is 18.6 Å². The topological polar surface area (TPSA) is 80.9 Å². The Morgan fingerprint density at radius 1 is 0.867 bits per heavy atom. The largest absolute Gasteiger partial charge is 0.507 e. The Bertz CT molecular complexity index is 538. The second-order valence-electron chi connectivity index (χ2n) is 3.42. The van der Waals surface area contributed by atoms with Crippen LogP contribution in [0.5, 0.6) is 23.0 Å². The van der Waals surface area contributed by atoms with Crippen LogP contribution in [0.25, 0.3) is 10.8 Å². The van der Waals surface area contributed by atoms with Gasteiger partial charge in [-0.25, -0.2) is 0 Å². The summed E-state index contributed by atoms with van der Waals surface area (Å²) < 4.78 is 0. The lowest BCUT2D eigenvalue weighted by molar-refractivity contribution is 0.399. The molecule has 0 saturated carbocycles. The van der Waals surface area contributed by atoms with Gasteiger partial charge in [0.05, 0.1) is 5.39 Å². The fraction of sp³-hybridized carbons (Fsp3) is 0.0909. The molecule has 4 nitrogen and oxygen atoms in total. The van der Waals surface area contributed by atoms with E-state index in [0.717, 1.165) is 6.07 Å². The van der Waals surface area contributed by atoms with Crippen LogP contribution in [-0.4, -0.2) is 20.4 Å². The molecule has 78 valence electrons. The first-order chi connectivity index (χ1) is 7.02. The molecule has 2 aromatic rings. The lowest BCUT2D eigenvalue weighted by Gasteiger charge is -2.09. The van der Waals surface area contributed by atoms with Crippen molar-refractivity contribution in [2.45, 2.75) is 6.92 Å². The van der Waals surface area contributed by atoms with Crippen LogP contribution in [0.1, 0.15) is 5.56 Å². The number of phenols is 4. The Morgan fingerprint density at radius 3 is 2.20 bits per heavy atom. The van der Waals surface area contributed by atoms with E-state index >= 15 is 0 Å². The van der Waals surface area contributed by atoms with E-state index in [4.69, 9.17) is 0 Å². The van der Waals surface area contributed by atoms with E-state index in [0.29, 0.717) is 10.9 Å². The number of aromatic hydroxyl groups is 4. The van der Waals surface area contributed by atoms with Crippen molar-refractivity contribution in [2.24, 2.45) is 0 Å². The highest BCUT2D eigenvalue weighted by Crippen LogP contribution is 2.44. The van der Waals surface area contributed by atoms with Crippen molar-refractivity contribution in [1.29, 1.82) is 0 Å². The molecule has 0 aliphatic carbocycles. The van der Waals surface area contributed by atoms with E-state index in [2.05, 4.69) is 0 Å². The van der Waals surface area contributed by atoms with Crippen LogP contribution in [0, 0.1) is 6.92 Å². The second kappa shape index (κ2) is 2.95. The summed E-state index contributed by atoms with van der Waals surface area (Å²) in [6.07, 6.45) is 0. The van der Waals surface area contributed by atoms with Crippen molar-refractivity contribution >= 4 is 10.8 Å². The smallest absolute Gasteiger partial charge is 0.169 e. The fourth-order valence-electron chi connectivity index (χ4n) is 1.55. The van der Waals surface area contributed by atoms with Gasteiger partial charge in [-0.3, -0.25) is 0 Å². The quantitative estimate of drug-likeness (QED) is 0.392. The molecule has 0 aromatic heterocycles. The summed E-state index contributed by atoms with van der Waals surface area (Å²) in [5, 5.41) is 38.4. The molecular formula is C11H10O4. The maximum Gasteiger partial charge on any atom is 0.169 e. The molecule has 4 heteroatoms. The van der Waals surface area contributed by atoms with Crippen LogP contribution in [0.3, 0.4) is 0 Å². The summed E-state index contributed by atoms with van der Waals surface area (Å²) in [6.45, 7) is 1.66. The van der Waals surface area contributed by atoms with E-state index < -0.39 is 11.5 Å². The highest BCUT2D eigenvalue weighted by atomic mass is 16.3. The summed E-state index contributed by atoms with van der Waals surface area (Å²) in [5.41, 5.74) is 0.558. The predicted octanol–water partition coefficient (Wildman–Crippen LogP) is 1.97. The first kappa shape index (κ1) is 9.45. The van der Waals surface area contributed by atoms with E-state index in [-0.39, 0.29) is 16.9 Å². The van der Waals surface area contributed by atoms with E-state index in [1.165, 1.54) is 0 Å². The van der Waals surface area contributed by atoms with E-state index in [9.17, 15) is 20.4 Å². The normalized spacial score (nSPS) is 10.7. The molecule has 0 heterocycles.